The van der Waals surface area contributed by atoms with Crippen LogP contribution in [0.1, 0.15) is 41.9 Å². The molecule has 30 heavy (non-hydrogen) atoms. The van der Waals surface area contributed by atoms with E-state index >= 15 is 0 Å². The molecular weight excluding hydrogens is 382 g/mol. The Morgan fingerprint density at radius 1 is 1.30 bits per heavy atom. The summed E-state index contributed by atoms with van der Waals surface area (Å²) in [6.45, 7) is 5.99. The Bertz CT molecular complexity index is 1190. The van der Waals surface area contributed by atoms with Crippen LogP contribution in [0.4, 0.5) is 0 Å². The molecule has 0 fully saturated rings. The number of likely N-dealkylation sites (N-methyl/N-ethyl adjacent to an activating group) is 1. The molecule has 0 saturated heterocycles. The second-order valence-electron chi connectivity index (χ2n) is 8.05. The van der Waals surface area contributed by atoms with E-state index in [9.17, 15) is 19.8 Å². The van der Waals surface area contributed by atoms with Gasteiger partial charge in [0, 0.05) is 41.3 Å². The predicted molar refractivity (Wildman–Crippen MR) is 116 cm³/mol. The summed E-state index contributed by atoms with van der Waals surface area (Å²) in [4.78, 5) is 28.8. The van der Waals surface area contributed by atoms with E-state index in [-0.39, 0.29) is 0 Å². The normalized spacial score (nSPS) is 15.8. The molecule has 0 spiro atoms. The first-order chi connectivity index (χ1) is 14.3. The zero-order chi connectivity index (χ0) is 21.6. The fourth-order valence-corrected chi connectivity index (χ4v) is 4.62. The van der Waals surface area contributed by atoms with Gasteiger partial charge in [-0.1, -0.05) is 26.0 Å². The van der Waals surface area contributed by atoms with Gasteiger partial charge in [-0.2, -0.15) is 0 Å². The number of hydrogen-bond acceptors (Lipinski definition) is 4. The van der Waals surface area contributed by atoms with Gasteiger partial charge in [0.2, 0.25) is 0 Å². The molecule has 3 heterocycles. The maximum Gasteiger partial charge on any atom is 0.345 e. The molecule has 0 radical (unpaired) electrons. The van der Waals surface area contributed by atoms with Crippen LogP contribution in [-0.4, -0.2) is 50.3 Å². The van der Waals surface area contributed by atoms with E-state index in [1.807, 2.05) is 25.1 Å². The van der Waals surface area contributed by atoms with Gasteiger partial charge >= 0.3 is 5.97 Å². The number of pyridine rings is 1. The molecule has 3 aromatic rings. The number of carboxylic acids is 1. The molecule has 2 aromatic heterocycles. The fraction of sp³-hybridized carbons (Fsp3) is 0.391. The van der Waals surface area contributed by atoms with E-state index in [4.69, 9.17) is 0 Å². The van der Waals surface area contributed by atoms with E-state index in [1.165, 1.54) is 5.69 Å². The number of benzene rings is 1. The summed E-state index contributed by atoms with van der Waals surface area (Å²) in [6.07, 6.45) is 2.52. The SMILES string of the molecule is CCCN(C)C1Cc2cc3ccc(-c4[nH]c(=O)c(C(=O)O)c(O)c4CC)cc3n2C1. The number of H-pyrrole nitrogens is 1. The Labute approximate surface area is 174 Å². The van der Waals surface area contributed by atoms with Crippen LogP contribution in [0.5, 0.6) is 5.75 Å². The van der Waals surface area contributed by atoms with Gasteiger partial charge in [0.15, 0.2) is 5.56 Å². The van der Waals surface area contributed by atoms with Gasteiger partial charge in [-0.3, -0.25) is 4.79 Å². The number of aromatic carboxylic acids is 1. The first kappa shape index (κ1) is 20.2. The summed E-state index contributed by atoms with van der Waals surface area (Å²) >= 11 is 0. The monoisotopic (exact) mass is 409 g/mol. The molecule has 1 aliphatic heterocycles. The third-order valence-electron chi connectivity index (χ3n) is 6.17. The number of aromatic nitrogens is 2. The molecule has 158 valence electrons. The van der Waals surface area contributed by atoms with Crippen LogP contribution >= 0.6 is 0 Å². The number of aromatic hydroxyl groups is 1. The summed E-state index contributed by atoms with van der Waals surface area (Å²) < 4.78 is 2.32. The molecular formula is C23H27N3O4. The lowest BCUT2D eigenvalue weighted by atomic mass is 9.99. The predicted octanol–water partition coefficient (Wildman–Crippen LogP) is 3.23. The molecule has 0 aliphatic carbocycles. The van der Waals surface area contributed by atoms with Crippen molar-refractivity contribution in [1.29, 1.82) is 0 Å². The smallest absolute Gasteiger partial charge is 0.345 e. The Morgan fingerprint density at radius 3 is 2.73 bits per heavy atom. The van der Waals surface area contributed by atoms with E-state index in [2.05, 4.69) is 34.5 Å². The summed E-state index contributed by atoms with van der Waals surface area (Å²) in [6, 6.07) is 8.63. The zero-order valence-electron chi connectivity index (χ0n) is 17.5. The summed E-state index contributed by atoms with van der Waals surface area (Å²) in [5.41, 5.74) is 2.63. The largest absolute Gasteiger partial charge is 0.506 e. The van der Waals surface area contributed by atoms with Crippen molar-refractivity contribution in [2.75, 3.05) is 13.6 Å². The number of nitrogens with one attached hydrogen (secondary N) is 1. The second kappa shape index (κ2) is 7.65. The molecule has 3 N–H and O–H groups in total. The van der Waals surface area contributed by atoms with Crippen LogP contribution in [0, 0.1) is 0 Å². The van der Waals surface area contributed by atoms with Gasteiger partial charge in [-0.15, -0.1) is 0 Å². The Hall–Kier alpha value is -3.06. The highest BCUT2D eigenvalue weighted by Gasteiger charge is 2.27. The van der Waals surface area contributed by atoms with Gasteiger partial charge in [-0.05, 0) is 44.0 Å². The number of nitrogens with zero attached hydrogens (tertiary/aromatic N) is 2. The third-order valence-corrected chi connectivity index (χ3v) is 6.17. The molecule has 0 amide bonds. The molecule has 0 bridgehead atoms. The molecule has 1 aromatic carbocycles. The highest BCUT2D eigenvalue weighted by molar-refractivity contribution is 5.92. The summed E-state index contributed by atoms with van der Waals surface area (Å²) in [5, 5.41) is 20.8. The lowest BCUT2D eigenvalue weighted by Gasteiger charge is -2.23. The maximum absolute atomic E-state index is 12.3. The standard InChI is InChI=1S/C23H27N3O4/c1-4-8-25(3)16-11-15-9-13-6-7-14(10-18(13)26(15)12-16)20-17(5-2)21(27)19(23(29)30)22(28)24-20/h6-7,9-10,16H,4-5,8,11-12H2,1-3H3,(H,29,30)(H2,24,27,28). The van der Waals surface area contributed by atoms with Gasteiger partial charge in [0.1, 0.15) is 5.75 Å². The number of hydrogen-bond donors (Lipinski definition) is 3. The van der Waals surface area contributed by atoms with Crippen molar-refractivity contribution in [1.82, 2.24) is 14.5 Å². The van der Waals surface area contributed by atoms with Crippen molar-refractivity contribution in [3.63, 3.8) is 0 Å². The Morgan fingerprint density at radius 2 is 2.07 bits per heavy atom. The van der Waals surface area contributed by atoms with Crippen LogP contribution in [0.2, 0.25) is 0 Å². The summed E-state index contributed by atoms with van der Waals surface area (Å²) in [5.74, 6) is -1.89. The quantitative estimate of drug-likeness (QED) is 0.581. The Balaban J connectivity index is 1.80. The van der Waals surface area contributed by atoms with Crippen LogP contribution in [0.15, 0.2) is 29.1 Å². The van der Waals surface area contributed by atoms with E-state index < -0.39 is 22.8 Å². The molecule has 0 saturated carbocycles. The highest BCUT2D eigenvalue weighted by atomic mass is 16.4. The summed E-state index contributed by atoms with van der Waals surface area (Å²) in [7, 11) is 2.17. The van der Waals surface area contributed by atoms with Crippen molar-refractivity contribution < 1.29 is 15.0 Å². The van der Waals surface area contributed by atoms with E-state index in [0.717, 1.165) is 42.4 Å². The molecule has 1 aliphatic rings. The van der Waals surface area contributed by atoms with Crippen LogP contribution in [0.25, 0.3) is 22.2 Å². The van der Waals surface area contributed by atoms with Crippen molar-refractivity contribution in [3.8, 4) is 17.0 Å². The minimum atomic E-state index is -1.43. The number of aromatic amines is 1. The van der Waals surface area contributed by atoms with Crippen molar-refractivity contribution in [2.24, 2.45) is 0 Å². The lowest BCUT2D eigenvalue weighted by molar-refractivity contribution is 0.0691. The lowest BCUT2D eigenvalue weighted by Crippen LogP contribution is -2.33. The van der Waals surface area contributed by atoms with Gasteiger partial charge < -0.3 is 24.7 Å². The number of carboxylic acid groups (broad SMARTS) is 1. The van der Waals surface area contributed by atoms with Crippen LogP contribution in [0.3, 0.4) is 0 Å². The average Bonchev–Trinajstić information content (AvgIpc) is 3.25. The third kappa shape index (κ3) is 3.19. The topological polar surface area (TPSA) is 98.6 Å². The molecule has 4 rings (SSSR count). The van der Waals surface area contributed by atoms with Crippen LogP contribution < -0.4 is 5.56 Å². The van der Waals surface area contributed by atoms with Crippen LogP contribution in [-0.2, 0) is 19.4 Å². The average molecular weight is 409 g/mol. The number of carbonyl (C=O) groups is 1. The molecule has 7 heteroatoms. The second-order valence-corrected chi connectivity index (χ2v) is 8.05. The maximum atomic E-state index is 12.3. The van der Waals surface area contributed by atoms with Gasteiger partial charge in [0.25, 0.3) is 5.56 Å². The fourth-order valence-electron chi connectivity index (χ4n) is 4.62. The first-order valence-electron chi connectivity index (χ1n) is 10.4. The van der Waals surface area contributed by atoms with Crippen molar-refractivity contribution in [2.45, 2.75) is 45.7 Å². The zero-order valence-corrected chi connectivity index (χ0v) is 17.5. The first-order valence-corrected chi connectivity index (χ1v) is 10.4. The van der Waals surface area contributed by atoms with Gasteiger partial charge in [0.05, 0.1) is 5.69 Å². The number of rotatable bonds is 6. The van der Waals surface area contributed by atoms with E-state index in [1.54, 1.807) is 0 Å². The van der Waals surface area contributed by atoms with E-state index in [0.29, 0.717) is 23.7 Å². The highest BCUT2D eigenvalue weighted by Crippen LogP contribution is 2.34. The minimum Gasteiger partial charge on any atom is -0.506 e. The number of fused-ring (bicyclic) bond motifs is 3. The minimum absolute atomic E-state index is 0.395. The Kier molecular flexibility index (Phi) is 5.15. The molecule has 7 nitrogen and oxygen atoms in total. The van der Waals surface area contributed by atoms with Crippen molar-refractivity contribution in [3.05, 3.63) is 51.4 Å². The van der Waals surface area contributed by atoms with Crippen molar-refractivity contribution >= 4 is 16.9 Å². The molecule has 1 atom stereocenters. The van der Waals surface area contributed by atoms with Gasteiger partial charge in [-0.25, -0.2) is 4.79 Å². The molecule has 1 unspecified atom stereocenters.